The first kappa shape index (κ1) is 22.2. The Bertz CT molecular complexity index is 1320. The highest BCUT2D eigenvalue weighted by Crippen LogP contribution is 2.31. The average Bonchev–Trinajstić information content (AvgIpc) is 3.04. The van der Waals surface area contributed by atoms with E-state index in [1.807, 2.05) is 0 Å². The summed E-state index contributed by atoms with van der Waals surface area (Å²) in [5, 5.41) is 2.26. The lowest BCUT2D eigenvalue weighted by molar-refractivity contribution is -0.119. The van der Waals surface area contributed by atoms with Crippen LogP contribution in [0.1, 0.15) is 36.6 Å². The first-order chi connectivity index (χ1) is 15.8. The van der Waals surface area contributed by atoms with E-state index in [0.717, 1.165) is 16.5 Å². The number of para-hydroxylation sites is 1. The van der Waals surface area contributed by atoms with Crippen LogP contribution in [0.3, 0.4) is 0 Å². The molecule has 0 saturated carbocycles. The van der Waals surface area contributed by atoms with Gasteiger partial charge in [-0.2, -0.15) is 0 Å². The highest BCUT2D eigenvalue weighted by molar-refractivity contribution is 6.35. The highest BCUT2D eigenvalue weighted by atomic mass is 35.5. The molecule has 1 N–H and O–H groups in total. The Morgan fingerprint density at radius 2 is 1.73 bits per heavy atom. The van der Waals surface area contributed by atoms with Crippen molar-refractivity contribution in [2.75, 3.05) is 16.8 Å². The van der Waals surface area contributed by atoms with Gasteiger partial charge < -0.3 is 10.1 Å². The number of carbonyl (C=O) groups excluding carboxylic acids is 4. The van der Waals surface area contributed by atoms with Crippen LogP contribution in [0.2, 0.25) is 5.02 Å². The molecule has 1 heterocycles. The summed E-state index contributed by atoms with van der Waals surface area (Å²) in [4.78, 5) is 51.2. The van der Waals surface area contributed by atoms with Crippen LogP contribution >= 0.6 is 11.6 Å². The third-order valence-electron chi connectivity index (χ3n) is 5.02. The highest BCUT2D eigenvalue weighted by Gasteiger charge is 2.37. The number of fused-ring (bicyclic) bond motifs is 1. The predicted octanol–water partition coefficient (Wildman–Crippen LogP) is 4.38. The number of hydrogen-bond donors (Lipinski definition) is 1. The van der Waals surface area contributed by atoms with Gasteiger partial charge in [-0.3, -0.25) is 14.4 Å². The van der Waals surface area contributed by atoms with E-state index in [4.69, 9.17) is 16.3 Å². The van der Waals surface area contributed by atoms with Crippen LogP contribution in [0.4, 0.5) is 15.8 Å². The summed E-state index contributed by atoms with van der Waals surface area (Å²) >= 11 is 5.66. The lowest BCUT2D eigenvalue weighted by Gasteiger charge is -2.16. The van der Waals surface area contributed by atoms with E-state index in [9.17, 15) is 23.6 Å². The number of benzene rings is 3. The number of halogens is 2. The number of rotatable bonds is 5. The molecule has 0 saturated heterocycles. The van der Waals surface area contributed by atoms with Crippen LogP contribution in [-0.2, 0) is 9.53 Å². The number of nitrogens with zero attached hydrogens (tertiary/aromatic N) is 1. The quantitative estimate of drug-likeness (QED) is 0.445. The molecule has 7 nitrogen and oxygen atoms in total. The van der Waals surface area contributed by atoms with E-state index in [0.29, 0.717) is 5.69 Å². The van der Waals surface area contributed by atoms with Crippen molar-refractivity contribution < 1.29 is 28.3 Å². The van der Waals surface area contributed by atoms with Crippen LogP contribution in [0.5, 0.6) is 0 Å². The van der Waals surface area contributed by atoms with Gasteiger partial charge in [-0.05, 0) is 55.0 Å². The lowest BCUT2D eigenvalue weighted by atomic mass is 10.1. The molecule has 0 unspecified atom stereocenters. The van der Waals surface area contributed by atoms with E-state index >= 15 is 0 Å². The van der Waals surface area contributed by atoms with Crippen molar-refractivity contribution in [1.29, 1.82) is 0 Å². The summed E-state index contributed by atoms with van der Waals surface area (Å²) in [6.45, 7) is 1.17. The summed E-state index contributed by atoms with van der Waals surface area (Å²) in [5.41, 5.74) is 1.71. The summed E-state index contributed by atoms with van der Waals surface area (Å²) in [5.74, 6) is -3.18. The van der Waals surface area contributed by atoms with Gasteiger partial charge in [0.15, 0.2) is 6.61 Å². The van der Waals surface area contributed by atoms with Gasteiger partial charge in [-0.25, -0.2) is 14.1 Å². The smallest absolute Gasteiger partial charge is 0.338 e. The van der Waals surface area contributed by atoms with Crippen LogP contribution < -0.4 is 10.2 Å². The second-order valence-corrected chi connectivity index (χ2v) is 7.65. The molecular formula is C24H16ClFN2O5. The summed E-state index contributed by atoms with van der Waals surface area (Å²) in [6, 6.07) is 14.6. The number of nitrogens with one attached hydrogen (secondary N) is 1. The van der Waals surface area contributed by atoms with Crippen molar-refractivity contribution in [2.45, 2.75) is 6.92 Å². The molecule has 33 heavy (non-hydrogen) atoms. The number of imide groups is 1. The minimum Gasteiger partial charge on any atom is -0.452 e. The number of hydrogen-bond acceptors (Lipinski definition) is 5. The monoisotopic (exact) mass is 466 g/mol. The zero-order chi connectivity index (χ0) is 23.7. The third kappa shape index (κ3) is 4.33. The standard InChI is InChI=1S/C24H16ClFN2O5/c1-13-4-2-3-5-20(13)28-22(30)16-8-6-14(10-17(16)23(28)31)24(32)33-12-21(29)27-15-7-9-19(26)18(25)11-15/h2-11H,12H2,1H3,(H,27,29). The van der Waals surface area contributed by atoms with Crippen molar-refractivity contribution in [2.24, 2.45) is 0 Å². The van der Waals surface area contributed by atoms with E-state index in [-0.39, 0.29) is 27.4 Å². The van der Waals surface area contributed by atoms with E-state index in [1.165, 1.54) is 30.3 Å². The van der Waals surface area contributed by atoms with Gasteiger partial charge in [0.05, 0.1) is 27.4 Å². The topological polar surface area (TPSA) is 92.8 Å². The summed E-state index contributed by atoms with van der Waals surface area (Å²) in [6.07, 6.45) is 0. The third-order valence-corrected chi connectivity index (χ3v) is 5.31. The Hall–Kier alpha value is -4.04. The molecule has 1 aliphatic rings. The van der Waals surface area contributed by atoms with Crippen molar-refractivity contribution in [1.82, 2.24) is 0 Å². The SMILES string of the molecule is Cc1ccccc1N1C(=O)c2ccc(C(=O)OCC(=O)Nc3ccc(F)c(Cl)c3)cc2C1=O. The second-order valence-electron chi connectivity index (χ2n) is 7.25. The van der Waals surface area contributed by atoms with Gasteiger partial charge in [0.2, 0.25) is 0 Å². The molecule has 0 radical (unpaired) electrons. The fraction of sp³-hybridized carbons (Fsp3) is 0.0833. The largest absolute Gasteiger partial charge is 0.452 e. The Morgan fingerprint density at radius 3 is 2.45 bits per heavy atom. The molecule has 0 fully saturated rings. The molecule has 0 spiro atoms. The molecule has 3 aromatic rings. The van der Waals surface area contributed by atoms with Gasteiger partial charge in [-0.15, -0.1) is 0 Å². The second kappa shape index (κ2) is 8.84. The molecular weight excluding hydrogens is 451 g/mol. The fourth-order valence-corrected chi connectivity index (χ4v) is 3.57. The average molecular weight is 467 g/mol. The molecule has 3 amide bonds. The zero-order valence-corrected chi connectivity index (χ0v) is 18.0. The predicted molar refractivity (Wildman–Crippen MR) is 119 cm³/mol. The molecule has 1 aliphatic heterocycles. The van der Waals surface area contributed by atoms with Gasteiger partial charge in [0, 0.05) is 5.69 Å². The number of esters is 1. The Kier molecular flexibility index (Phi) is 5.93. The Balaban J connectivity index is 1.45. The summed E-state index contributed by atoms with van der Waals surface area (Å²) in [7, 11) is 0. The van der Waals surface area contributed by atoms with E-state index in [2.05, 4.69) is 5.32 Å². The molecule has 0 aliphatic carbocycles. The number of ether oxygens (including phenoxy) is 1. The minimum atomic E-state index is -0.848. The molecule has 166 valence electrons. The Morgan fingerprint density at radius 1 is 1.00 bits per heavy atom. The van der Waals surface area contributed by atoms with Gasteiger partial charge >= 0.3 is 5.97 Å². The van der Waals surface area contributed by atoms with Gasteiger partial charge in [0.1, 0.15) is 5.82 Å². The van der Waals surface area contributed by atoms with Crippen molar-refractivity contribution in [3.8, 4) is 0 Å². The van der Waals surface area contributed by atoms with Crippen LogP contribution in [0.25, 0.3) is 0 Å². The molecule has 3 aromatic carbocycles. The molecule has 0 bridgehead atoms. The molecule has 4 rings (SSSR count). The normalized spacial score (nSPS) is 12.5. The van der Waals surface area contributed by atoms with Gasteiger partial charge in [0.25, 0.3) is 17.7 Å². The van der Waals surface area contributed by atoms with Crippen molar-refractivity contribution >= 4 is 46.7 Å². The number of carbonyl (C=O) groups is 4. The van der Waals surface area contributed by atoms with Crippen molar-refractivity contribution in [3.05, 3.63) is 93.8 Å². The maximum Gasteiger partial charge on any atom is 0.338 e. The lowest BCUT2D eigenvalue weighted by Crippen LogP contribution is -2.29. The molecule has 0 atom stereocenters. The van der Waals surface area contributed by atoms with Crippen LogP contribution in [-0.4, -0.2) is 30.3 Å². The number of aryl methyl sites for hydroxylation is 1. The zero-order valence-electron chi connectivity index (χ0n) is 17.2. The minimum absolute atomic E-state index is 0.0131. The Labute approximate surface area is 192 Å². The number of amides is 3. The van der Waals surface area contributed by atoms with Crippen LogP contribution in [0, 0.1) is 12.7 Å². The van der Waals surface area contributed by atoms with Crippen molar-refractivity contribution in [3.63, 3.8) is 0 Å². The first-order valence-electron chi connectivity index (χ1n) is 9.77. The molecule has 0 aromatic heterocycles. The maximum absolute atomic E-state index is 13.2. The first-order valence-corrected chi connectivity index (χ1v) is 10.1. The molecule has 9 heteroatoms. The fourth-order valence-electron chi connectivity index (χ4n) is 3.39. The van der Waals surface area contributed by atoms with E-state index < -0.39 is 36.1 Å². The van der Waals surface area contributed by atoms with E-state index in [1.54, 1.807) is 31.2 Å². The summed E-state index contributed by atoms with van der Waals surface area (Å²) < 4.78 is 18.2. The number of anilines is 2. The van der Waals surface area contributed by atoms with Gasteiger partial charge in [-0.1, -0.05) is 29.8 Å². The van der Waals surface area contributed by atoms with Crippen LogP contribution in [0.15, 0.2) is 60.7 Å². The maximum atomic E-state index is 13.2.